The van der Waals surface area contributed by atoms with E-state index in [4.69, 9.17) is 4.74 Å². The summed E-state index contributed by atoms with van der Waals surface area (Å²) in [7, 11) is 0. The fourth-order valence-electron chi connectivity index (χ4n) is 2.60. The number of amides is 1. The predicted octanol–water partition coefficient (Wildman–Crippen LogP) is 2.79. The predicted molar refractivity (Wildman–Crippen MR) is 80.0 cm³/mol. The number of halogens is 1. The maximum Gasteiger partial charge on any atom is 0.250 e. The Labute approximate surface area is 124 Å². The number of carbonyl (C=O) groups is 1. The number of carbonyl (C=O) groups excluding carboxylic acids is 1. The van der Waals surface area contributed by atoms with Crippen molar-refractivity contribution in [2.75, 3.05) is 36.5 Å². The SMILES string of the molecule is O=C(COCC1CC1)Nc1cc(F)cc(N2CCCC2)c1. The van der Waals surface area contributed by atoms with Gasteiger partial charge in [0.25, 0.3) is 0 Å². The third-order valence-electron chi connectivity index (χ3n) is 3.92. The summed E-state index contributed by atoms with van der Waals surface area (Å²) < 4.78 is 19.0. The molecule has 114 valence electrons. The molecule has 3 rings (SSSR count). The summed E-state index contributed by atoms with van der Waals surface area (Å²) in [6.07, 6.45) is 4.66. The van der Waals surface area contributed by atoms with Crippen molar-refractivity contribution in [1.82, 2.24) is 0 Å². The van der Waals surface area contributed by atoms with Gasteiger partial charge in [0.15, 0.2) is 0 Å². The van der Waals surface area contributed by atoms with E-state index >= 15 is 0 Å². The molecule has 2 fully saturated rings. The fraction of sp³-hybridized carbons (Fsp3) is 0.562. The Morgan fingerprint density at radius 3 is 2.76 bits per heavy atom. The largest absolute Gasteiger partial charge is 0.371 e. The molecule has 5 heteroatoms. The van der Waals surface area contributed by atoms with Crippen molar-refractivity contribution in [3.8, 4) is 0 Å². The van der Waals surface area contributed by atoms with Crippen LogP contribution in [0.15, 0.2) is 18.2 Å². The van der Waals surface area contributed by atoms with Gasteiger partial charge in [-0.3, -0.25) is 4.79 Å². The Hall–Kier alpha value is -1.62. The van der Waals surface area contributed by atoms with Crippen LogP contribution in [-0.4, -0.2) is 32.2 Å². The van der Waals surface area contributed by atoms with Crippen LogP contribution in [0.4, 0.5) is 15.8 Å². The number of hydrogen-bond acceptors (Lipinski definition) is 3. The van der Waals surface area contributed by atoms with Crippen molar-refractivity contribution in [3.05, 3.63) is 24.0 Å². The standard InChI is InChI=1S/C16H21FN2O2/c17-13-7-14(9-15(8-13)19-5-1-2-6-19)18-16(20)11-21-10-12-3-4-12/h7-9,12H,1-6,10-11H2,(H,18,20). The molecule has 1 N–H and O–H groups in total. The molecule has 1 amide bonds. The maximum atomic E-state index is 13.7. The Morgan fingerprint density at radius 2 is 2.05 bits per heavy atom. The lowest BCUT2D eigenvalue weighted by Crippen LogP contribution is -2.21. The first-order valence-corrected chi connectivity index (χ1v) is 7.64. The van der Waals surface area contributed by atoms with Gasteiger partial charge in [-0.1, -0.05) is 0 Å². The first-order chi connectivity index (χ1) is 10.2. The molecule has 0 radical (unpaired) electrons. The number of benzene rings is 1. The molecule has 0 spiro atoms. The molecule has 0 bridgehead atoms. The van der Waals surface area contributed by atoms with Crippen LogP contribution in [0.3, 0.4) is 0 Å². The van der Waals surface area contributed by atoms with Crippen LogP contribution in [0.1, 0.15) is 25.7 Å². The summed E-state index contributed by atoms with van der Waals surface area (Å²) >= 11 is 0. The van der Waals surface area contributed by atoms with Crippen LogP contribution in [-0.2, 0) is 9.53 Å². The molecule has 0 unspecified atom stereocenters. The molecular formula is C16H21FN2O2. The normalized spacial score (nSPS) is 18.0. The highest BCUT2D eigenvalue weighted by atomic mass is 19.1. The maximum absolute atomic E-state index is 13.7. The van der Waals surface area contributed by atoms with Gasteiger partial charge in [0.05, 0.1) is 6.61 Å². The second-order valence-corrected chi connectivity index (χ2v) is 5.90. The summed E-state index contributed by atoms with van der Waals surface area (Å²) in [5.41, 5.74) is 1.33. The molecule has 1 saturated carbocycles. The van der Waals surface area contributed by atoms with E-state index in [1.165, 1.54) is 25.0 Å². The van der Waals surface area contributed by atoms with Gasteiger partial charge in [0, 0.05) is 24.5 Å². The third-order valence-corrected chi connectivity index (χ3v) is 3.92. The highest BCUT2D eigenvalue weighted by Gasteiger charge is 2.21. The van der Waals surface area contributed by atoms with Gasteiger partial charge in [-0.05, 0) is 49.8 Å². The molecule has 1 aliphatic heterocycles. The number of nitrogens with zero attached hydrogens (tertiary/aromatic N) is 1. The van der Waals surface area contributed by atoms with E-state index in [0.717, 1.165) is 31.6 Å². The van der Waals surface area contributed by atoms with Crippen LogP contribution >= 0.6 is 0 Å². The van der Waals surface area contributed by atoms with Crippen LogP contribution in [0.25, 0.3) is 0 Å². The van der Waals surface area contributed by atoms with Crippen molar-refractivity contribution < 1.29 is 13.9 Å². The minimum atomic E-state index is -0.325. The zero-order valence-electron chi connectivity index (χ0n) is 12.1. The Balaban J connectivity index is 1.56. The van der Waals surface area contributed by atoms with Crippen LogP contribution in [0, 0.1) is 11.7 Å². The summed E-state index contributed by atoms with van der Waals surface area (Å²) in [6.45, 7) is 2.57. The molecule has 21 heavy (non-hydrogen) atoms. The summed E-state index contributed by atoms with van der Waals surface area (Å²) in [5, 5.41) is 2.71. The highest BCUT2D eigenvalue weighted by Crippen LogP contribution is 2.28. The second kappa shape index (κ2) is 6.43. The smallest absolute Gasteiger partial charge is 0.250 e. The number of nitrogens with one attached hydrogen (secondary N) is 1. The average Bonchev–Trinajstić information content (AvgIpc) is 3.09. The Bertz CT molecular complexity index is 511. The van der Waals surface area contributed by atoms with Crippen molar-refractivity contribution in [1.29, 1.82) is 0 Å². The van der Waals surface area contributed by atoms with Gasteiger partial charge in [-0.2, -0.15) is 0 Å². The highest BCUT2D eigenvalue weighted by molar-refractivity contribution is 5.92. The number of rotatable bonds is 6. The average molecular weight is 292 g/mol. The molecule has 4 nitrogen and oxygen atoms in total. The zero-order chi connectivity index (χ0) is 14.7. The van der Waals surface area contributed by atoms with E-state index < -0.39 is 0 Å². The lowest BCUT2D eigenvalue weighted by Gasteiger charge is -2.18. The third kappa shape index (κ3) is 4.17. The van der Waals surface area contributed by atoms with Crippen molar-refractivity contribution in [3.63, 3.8) is 0 Å². The molecule has 2 aliphatic rings. The number of hydrogen-bond donors (Lipinski definition) is 1. The van der Waals surface area contributed by atoms with Crippen molar-refractivity contribution >= 4 is 17.3 Å². The van der Waals surface area contributed by atoms with E-state index in [0.29, 0.717) is 18.2 Å². The van der Waals surface area contributed by atoms with Crippen LogP contribution in [0.2, 0.25) is 0 Å². The van der Waals surface area contributed by atoms with Crippen LogP contribution in [0.5, 0.6) is 0 Å². The molecule has 1 aliphatic carbocycles. The first kappa shape index (κ1) is 14.3. The molecule has 1 heterocycles. The monoisotopic (exact) mass is 292 g/mol. The van der Waals surface area contributed by atoms with Crippen LogP contribution < -0.4 is 10.2 Å². The lowest BCUT2D eigenvalue weighted by atomic mass is 10.2. The number of anilines is 2. The Kier molecular flexibility index (Phi) is 4.39. The molecule has 0 atom stereocenters. The van der Waals surface area contributed by atoms with Crippen molar-refractivity contribution in [2.24, 2.45) is 5.92 Å². The van der Waals surface area contributed by atoms with E-state index in [1.807, 2.05) is 6.07 Å². The minimum absolute atomic E-state index is 0.0338. The Morgan fingerprint density at radius 1 is 1.29 bits per heavy atom. The topological polar surface area (TPSA) is 41.6 Å². The molecular weight excluding hydrogens is 271 g/mol. The van der Waals surface area contributed by atoms with Crippen molar-refractivity contribution in [2.45, 2.75) is 25.7 Å². The van der Waals surface area contributed by atoms with E-state index in [-0.39, 0.29) is 18.3 Å². The fourth-order valence-corrected chi connectivity index (χ4v) is 2.60. The van der Waals surface area contributed by atoms with E-state index in [9.17, 15) is 9.18 Å². The molecule has 1 aromatic carbocycles. The lowest BCUT2D eigenvalue weighted by molar-refractivity contribution is -0.120. The van der Waals surface area contributed by atoms with Gasteiger partial charge in [-0.15, -0.1) is 0 Å². The van der Waals surface area contributed by atoms with E-state index in [2.05, 4.69) is 10.2 Å². The van der Waals surface area contributed by atoms with E-state index in [1.54, 1.807) is 0 Å². The van der Waals surface area contributed by atoms with Gasteiger partial charge in [0.1, 0.15) is 12.4 Å². The molecule has 0 aromatic heterocycles. The minimum Gasteiger partial charge on any atom is -0.371 e. The first-order valence-electron chi connectivity index (χ1n) is 7.64. The van der Waals surface area contributed by atoms with Gasteiger partial charge in [-0.25, -0.2) is 4.39 Å². The van der Waals surface area contributed by atoms with Gasteiger partial charge >= 0.3 is 0 Å². The molecule has 1 aromatic rings. The summed E-state index contributed by atoms with van der Waals surface area (Å²) in [6, 6.07) is 4.69. The summed E-state index contributed by atoms with van der Waals surface area (Å²) in [5.74, 6) is 0.0796. The number of ether oxygens (including phenoxy) is 1. The second-order valence-electron chi connectivity index (χ2n) is 5.90. The quantitative estimate of drug-likeness (QED) is 0.876. The van der Waals surface area contributed by atoms with Gasteiger partial charge < -0.3 is 15.0 Å². The summed E-state index contributed by atoms with van der Waals surface area (Å²) in [4.78, 5) is 13.9. The zero-order valence-corrected chi connectivity index (χ0v) is 12.1. The molecule has 1 saturated heterocycles. The van der Waals surface area contributed by atoms with Gasteiger partial charge in [0.2, 0.25) is 5.91 Å².